The highest BCUT2D eigenvalue weighted by Gasteiger charge is 2.25. The zero-order valence-electron chi connectivity index (χ0n) is 9.62. The minimum Gasteiger partial charge on any atom is -0.480 e. The van der Waals surface area contributed by atoms with E-state index in [0.29, 0.717) is 12.2 Å². The van der Waals surface area contributed by atoms with Gasteiger partial charge in [0.2, 0.25) is 0 Å². The molecule has 1 unspecified atom stereocenters. The number of ether oxygens (including phenoxy) is 1. The Labute approximate surface area is 93.4 Å². The Morgan fingerprint density at radius 2 is 2.25 bits per heavy atom. The maximum absolute atomic E-state index is 11.1. The highest BCUT2D eigenvalue weighted by atomic mass is 16.5. The van der Waals surface area contributed by atoms with E-state index in [1.807, 2.05) is 13.8 Å². The topological polar surface area (TPSA) is 90.1 Å². The molecule has 0 bridgehead atoms. The molecular weight excluding hydrogens is 212 g/mol. The molecule has 1 atom stereocenters. The highest BCUT2D eigenvalue weighted by Crippen LogP contribution is 2.18. The first-order chi connectivity index (χ1) is 7.56. The number of aliphatic carboxylic acids is 1. The molecule has 0 aliphatic rings. The van der Waals surface area contributed by atoms with E-state index in [-0.39, 0.29) is 12.5 Å². The Hall–Kier alpha value is -1.50. The lowest BCUT2D eigenvalue weighted by molar-refractivity contribution is -0.142. The average Bonchev–Trinajstić information content (AvgIpc) is 2.62. The Bertz CT molecular complexity index is 350. The summed E-state index contributed by atoms with van der Waals surface area (Å²) in [5, 5.41) is 20.0. The first-order valence-corrected chi connectivity index (χ1v) is 5.04. The Balaban J connectivity index is 2.91. The van der Waals surface area contributed by atoms with E-state index in [1.54, 1.807) is 0 Å². The van der Waals surface area contributed by atoms with Gasteiger partial charge in [-0.2, -0.15) is 0 Å². The van der Waals surface area contributed by atoms with Crippen LogP contribution in [0.2, 0.25) is 0 Å². The van der Waals surface area contributed by atoms with Crippen molar-refractivity contribution in [1.82, 2.24) is 20.2 Å². The molecule has 0 aromatic carbocycles. The van der Waals surface area contributed by atoms with Gasteiger partial charge in [-0.05, 0) is 22.8 Å². The Morgan fingerprint density at radius 1 is 1.56 bits per heavy atom. The van der Waals surface area contributed by atoms with Crippen LogP contribution in [0.3, 0.4) is 0 Å². The highest BCUT2D eigenvalue weighted by molar-refractivity contribution is 5.71. The van der Waals surface area contributed by atoms with Crippen LogP contribution in [0.15, 0.2) is 0 Å². The molecule has 1 aromatic rings. The van der Waals surface area contributed by atoms with Crippen molar-refractivity contribution in [3.05, 3.63) is 5.82 Å². The number of carboxylic acid groups (broad SMARTS) is 1. The zero-order chi connectivity index (χ0) is 12.1. The molecule has 0 amide bonds. The molecule has 1 aromatic heterocycles. The third-order valence-electron chi connectivity index (χ3n) is 2.11. The van der Waals surface area contributed by atoms with Crippen molar-refractivity contribution < 1.29 is 14.6 Å². The SMILES string of the molecule is COCc1nnnn1C(CC(C)C)C(=O)O. The molecule has 0 saturated carbocycles. The lowest BCUT2D eigenvalue weighted by Gasteiger charge is -2.15. The van der Waals surface area contributed by atoms with Crippen molar-refractivity contribution in [2.75, 3.05) is 7.11 Å². The fraction of sp³-hybridized carbons (Fsp3) is 0.778. The number of hydrogen-bond donors (Lipinski definition) is 1. The fourth-order valence-corrected chi connectivity index (χ4v) is 1.43. The van der Waals surface area contributed by atoms with Gasteiger partial charge in [0.05, 0.1) is 0 Å². The summed E-state index contributed by atoms with van der Waals surface area (Å²) in [7, 11) is 1.51. The van der Waals surface area contributed by atoms with Crippen molar-refractivity contribution in [2.45, 2.75) is 32.9 Å². The third-order valence-corrected chi connectivity index (χ3v) is 2.11. The molecule has 0 aliphatic carbocycles. The van der Waals surface area contributed by atoms with E-state index in [4.69, 9.17) is 9.84 Å². The third kappa shape index (κ3) is 2.99. The molecule has 1 heterocycles. The van der Waals surface area contributed by atoms with Crippen molar-refractivity contribution in [2.24, 2.45) is 5.92 Å². The van der Waals surface area contributed by atoms with Crippen LogP contribution >= 0.6 is 0 Å². The van der Waals surface area contributed by atoms with Crippen LogP contribution in [0.25, 0.3) is 0 Å². The summed E-state index contributed by atoms with van der Waals surface area (Å²) >= 11 is 0. The normalized spacial score (nSPS) is 13.0. The second-order valence-electron chi connectivity index (χ2n) is 3.96. The molecule has 0 aliphatic heterocycles. The average molecular weight is 228 g/mol. The van der Waals surface area contributed by atoms with Gasteiger partial charge in [-0.15, -0.1) is 5.10 Å². The molecule has 1 N–H and O–H groups in total. The predicted molar refractivity (Wildman–Crippen MR) is 54.7 cm³/mol. The molecule has 1 rings (SSSR count). The van der Waals surface area contributed by atoms with Gasteiger partial charge in [0.15, 0.2) is 11.9 Å². The molecule has 0 fully saturated rings. The maximum atomic E-state index is 11.1. The van der Waals surface area contributed by atoms with E-state index in [9.17, 15) is 4.79 Å². The number of rotatable bonds is 6. The van der Waals surface area contributed by atoms with Crippen LogP contribution in [-0.2, 0) is 16.1 Å². The monoisotopic (exact) mass is 228 g/mol. The summed E-state index contributed by atoms with van der Waals surface area (Å²) in [4.78, 5) is 11.1. The number of hydrogen-bond acceptors (Lipinski definition) is 5. The van der Waals surface area contributed by atoms with Crippen LogP contribution in [0, 0.1) is 5.92 Å². The lowest BCUT2D eigenvalue weighted by Crippen LogP contribution is -2.24. The molecule has 16 heavy (non-hydrogen) atoms. The van der Waals surface area contributed by atoms with E-state index < -0.39 is 12.0 Å². The molecule has 7 heteroatoms. The Kier molecular flexibility index (Phi) is 4.36. The van der Waals surface area contributed by atoms with Crippen LogP contribution in [-0.4, -0.2) is 38.4 Å². The second kappa shape index (κ2) is 5.55. The molecule has 90 valence electrons. The van der Waals surface area contributed by atoms with Gasteiger partial charge >= 0.3 is 5.97 Å². The number of aromatic nitrogens is 4. The van der Waals surface area contributed by atoms with Gasteiger partial charge in [0, 0.05) is 7.11 Å². The Morgan fingerprint density at radius 3 is 2.75 bits per heavy atom. The standard InChI is InChI=1S/C9H16N4O3/c1-6(2)4-7(9(14)15)13-8(5-16-3)10-11-12-13/h6-7H,4-5H2,1-3H3,(H,14,15). The van der Waals surface area contributed by atoms with Crippen LogP contribution in [0.4, 0.5) is 0 Å². The first kappa shape index (κ1) is 12.6. The zero-order valence-corrected chi connectivity index (χ0v) is 9.62. The van der Waals surface area contributed by atoms with Crippen molar-refractivity contribution >= 4 is 5.97 Å². The molecule has 0 spiro atoms. The lowest BCUT2D eigenvalue weighted by atomic mass is 10.0. The number of nitrogens with zero attached hydrogens (tertiary/aromatic N) is 4. The van der Waals surface area contributed by atoms with Gasteiger partial charge < -0.3 is 9.84 Å². The van der Waals surface area contributed by atoms with Crippen LogP contribution in [0.1, 0.15) is 32.1 Å². The first-order valence-electron chi connectivity index (χ1n) is 5.04. The molecular formula is C9H16N4O3. The van der Waals surface area contributed by atoms with Crippen LogP contribution < -0.4 is 0 Å². The molecule has 0 radical (unpaired) electrons. The van der Waals surface area contributed by atoms with Crippen molar-refractivity contribution in [3.8, 4) is 0 Å². The maximum Gasteiger partial charge on any atom is 0.328 e. The molecule has 0 saturated heterocycles. The summed E-state index contributed by atoms with van der Waals surface area (Å²) in [6, 6.07) is -0.736. The number of methoxy groups -OCH3 is 1. The summed E-state index contributed by atoms with van der Waals surface area (Å²) in [5.74, 6) is -0.255. The second-order valence-corrected chi connectivity index (χ2v) is 3.96. The van der Waals surface area contributed by atoms with E-state index in [1.165, 1.54) is 11.8 Å². The number of carboxylic acids is 1. The van der Waals surface area contributed by atoms with Gasteiger partial charge in [0.1, 0.15) is 6.61 Å². The largest absolute Gasteiger partial charge is 0.480 e. The smallest absolute Gasteiger partial charge is 0.328 e. The van der Waals surface area contributed by atoms with Crippen molar-refractivity contribution in [3.63, 3.8) is 0 Å². The van der Waals surface area contributed by atoms with Crippen LogP contribution in [0.5, 0.6) is 0 Å². The summed E-state index contributed by atoms with van der Waals surface area (Å²) < 4.78 is 6.22. The quantitative estimate of drug-likeness (QED) is 0.762. The summed E-state index contributed by atoms with van der Waals surface area (Å²) in [6.07, 6.45) is 0.483. The molecule has 7 nitrogen and oxygen atoms in total. The number of carbonyl (C=O) groups is 1. The number of tetrazole rings is 1. The minimum absolute atomic E-state index is 0.203. The van der Waals surface area contributed by atoms with Crippen molar-refractivity contribution in [1.29, 1.82) is 0 Å². The summed E-state index contributed by atoms with van der Waals surface area (Å²) in [5.41, 5.74) is 0. The van der Waals surface area contributed by atoms with Gasteiger partial charge in [0.25, 0.3) is 0 Å². The van der Waals surface area contributed by atoms with Gasteiger partial charge in [-0.25, -0.2) is 9.48 Å². The minimum atomic E-state index is -0.932. The van der Waals surface area contributed by atoms with E-state index in [0.717, 1.165) is 0 Å². The predicted octanol–water partition coefficient (Wildman–Crippen LogP) is 0.491. The van der Waals surface area contributed by atoms with Gasteiger partial charge in [-0.1, -0.05) is 13.8 Å². The van der Waals surface area contributed by atoms with E-state index in [2.05, 4.69) is 15.5 Å². The fourth-order valence-electron chi connectivity index (χ4n) is 1.43. The summed E-state index contributed by atoms with van der Waals surface area (Å²) in [6.45, 7) is 4.11. The van der Waals surface area contributed by atoms with E-state index >= 15 is 0 Å². The van der Waals surface area contributed by atoms with Gasteiger partial charge in [-0.3, -0.25) is 0 Å².